The van der Waals surface area contributed by atoms with Gasteiger partial charge in [0.1, 0.15) is 0 Å². The largest absolute Gasteiger partial charge is 0.481 e. The van der Waals surface area contributed by atoms with Crippen LogP contribution >= 0.6 is 0 Å². The van der Waals surface area contributed by atoms with Crippen LogP contribution in [0, 0.1) is 0 Å². The Bertz CT molecular complexity index is 516. The van der Waals surface area contributed by atoms with Gasteiger partial charge in [-0.2, -0.15) is 0 Å². The third-order valence-electron chi connectivity index (χ3n) is 3.14. The van der Waals surface area contributed by atoms with Crippen molar-refractivity contribution in [1.82, 2.24) is 4.98 Å². The molecule has 0 aliphatic rings. The summed E-state index contributed by atoms with van der Waals surface area (Å²) >= 11 is 0. The predicted octanol–water partition coefficient (Wildman–Crippen LogP) is 3.03. The van der Waals surface area contributed by atoms with Crippen LogP contribution in [0.1, 0.15) is 6.42 Å². The van der Waals surface area contributed by atoms with Crippen molar-refractivity contribution in [2.45, 2.75) is 6.42 Å². The molecule has 4 nitrogen and oxygen atoms in total. The minimum Gasteiger partial charge on any atom is -0.481 e. The molecular weight excluding hydrogens is 250 g/mol. The predicted molar refractivity (Wildman–Crippen MR) is 83.6 cm³/mol. The lowest BCUT2D eigenvalue weighted by molar-refractivity contribution is 0.398. The molecule has 0 aliphatic heterocycles. The van der Waals surface area contributed by atoms with E-state index in [0.29, 0.717) is 5.88 Å². The molecule has 1 N–H and O–H groups in total. The van der Waals surface area contributed by atoms with Crippen molar-refractivity contribution in [2.24, 2.45) is 0 Å². The number of rotatable bonds is 7. The molecule has 0 fully saturated rings. The van der Waals surface area contributed by atoms with E-state index in [0.717, 1.165) is 25.2 Å². The van der Waals surface area contributed by atoms with Crippen molar-refractivity contribution in [3.63, 3.8) is 0 Å². The Morgan fingerprint density at radius 2 is 2.00 bits per heavy atom. The van der Waals surface area contributed by atoms with Crippen LogP contribution in [0.15, 0.2) is 48.7 Å². The molecule has 2 aromatic rings. The lowest BCUT2D eigenvalue weighted by Gasteiger charge is -2.19. The average Bonchev–Trinajstić information content (AvgIpc) is 2.52. The SMILES string of the molecule is COc1cc(NCCCN(C)c2ccccc2)ccn1. The van der Waals surface area contributed by atoms with Crippen molar-refractivity contribution in [2.75, 3.05) is 37.5 Å². The highest BCUT2D eigenvalue weighted by Crippen LogP contribution is 2.14. The summed E-state index contributed by atoms with van der Waals surface area (Å²) in [6, 6.07) is 14.3. The van der Waals surface area contributed by atoms with Gasteiger partial charge in [0.2, 0.25) is 5.88 Å². The van der Waals surface area contributed by atoms with Crippen LogP contribution in [0.4, 0.5) is 11.4 Å². The van der Waals surface area contributed by atoms with Gasteiger partial charge in [-0.15, -0.1) is 0 Å². The molecule has 0 bridgehead atoms. The third kappa shape index (κ3) is 4.16. The number of hydrogen-bond acceptors (Lipinski definition) is 4. The molecule has 0 saturated heterocycles. The molecule has 0 radical (unpaired) electrons. The Kier molecular flexibility index (Phi) is 5.24. The van der Waals surface area contributed by atoms with Gasteiger partial charge in [-0.1, -0.05) is 18.2 Å². The van der Waals surface area contributed by atoms with Gasteiger partial charge < -0.3 is 15.0 Å². The summed E-state index contributed by atoms with van der Waals surface area (Å²) in [6.07, 6.45) is 2.81. The van der Waals surface area contributed by atoms with Gasteiger partial charge in [0.05, 0.1) is 7.11 Å². The highest BCUT2D eigenvalue weighted by atomic mass is 16.5. The highest BCUT2D eigenvalue weighted by molar-refractivity contribution is 5.46. The summed E-state index contributed by atoms with van der Waals surface area (Å²) < 4.78 is 5.10. The molecule has 1 aromatic carbocycles. The molecule has 2 rings (SSSR count). The molecule has 4 heteroatoms. The third-order valence-corrected chi connectivity index (χ3v) is 3.14. The zero-order valence-electron chi connectivity index (χ0n) is 12.0. The Morgan fingerprint density at radius 3 is 2.75 bits per heavy atom. The molecule has 0 atom stereocenters. The maximum Gasteiger partial charge on any atom is 0.214 e. The van der Waals surface area contributed by atoms with Crippen molar-refractivity contribution in [3.05, 3.63) is 48.7 Å². The molecule has 20 heavy (non-hydrogen) atoms. The van der Waals surface area contributed by atoms with Crippen LogP contribution in [-0.2, 0) is 0 Å². The Labute approximate surface area is 120 Å². The van der Waals surface area contributed by atoms with E-state index < -0.39 is 0 Å². The summed E-state index contributed by atoms with van der Waals surface area (Å²) in [7, 11) is 3.74. The van der Waals surface area contributed by atoms with Crippen LogP contribution in [0.3, 0.4) is 0 Å². The van der Waals surface area contributed by atoms with Crippen LogP contribution in [0.5, 0.6) is 5.88 Å². The molecule has 0 spiro atoms. The van der Waals surface area contributed by atoms with Crippen molar-refractivity contribution in [1.29, 1.82) is 0 Å². The fourth-order valence-corrected chi connectivity index (χ4v) is 1.99. The van der Waals surface area contributed by atoms with Crippen LogP contribution in [0.25, 0.3) is 0 Å². The summed E-state index contributed by atoms with van der Waals surface area (Å²) in [5.74, 6) is 0.636. The minimum atomic E-state index is 0.636. The van der Waals surface area contributed by atoms with E-state index in [1.165, 1.54) is 5.69 Å². The topological polar surface area (TPSA) is 37.4 Å². The van der Waals surface area contributed by atoms with E-state index in [-0.39, 0.29) is 0 Å². The van der Waals surface area contributed by atoms with Gasteiger partial charge in [-0.05, 0) is 24.6 Å². The molecule has 0 amide bonds. The second-order valence-electron chi connectivity index (χ2n) is 4.62. The van der Waals surface area contributed by atoms with Gasteiger partial charge in [-0.3, -0.25) is 0 Å². The summed E-state index contributed by atoms with van der Waals surface area (Å²) in [5.41, 5.74) is 2.29. The van der Waals surface area contributed by atoms with Crippen LogP contribution in [0.2, 0.25) is 0 Å². The Morgan fingerprint density at radius 1 is 1.20 bits per heavy atom. The number of nitrogens with one attached hydrogen (secondary N) is 1. The second kappa shape index (κ2) is 7.38. The second-order valence-corrected chi connectivity index (χ2v) is 4.62. The molecule has 0 aliphatic carbocycles. The maximum absolute atomic E-state index is 5.10. The molecule has 0 unspecified atom stereocenters. The highest BCUT2D eigenvalue weighted by Gasteiger charge is 2.00. The molecule has 106 valence electrons. The van der Waals surface area contributed by atoms with Gasteiger partial charge in [0.25, 0.3) is 0 Å². The van der Waals surface area contributed by atoms with Crippen molar-refractivity contribution >= 4 is 11.4 Å². The van der Waals surface area contributed by atoms with Gasteiger partial charge >= 0.3 is 0 Å². The monoisotopic (exact) mass is 271 g/mol. The number of hydrogen-bond donors (Lipinski definition) is 1. The standard InChI is InChI=1S/C16H21N3O/c1-19(15-7-4-3-5-8-15)12-6-10-17-14-9-11-18-16(13-14)20-2/h3-5,7-9,11,13H,6,10,12H2,1-2H3,(H,17,18). The van der Waals surface area contributed by atoms with Crippen LogP contribution in [-0.4, -0.2) is 32.2 Å². The van der Waals surface area contributed by atoms with Crippen molar-refractivity contribution in [3.8, 4) is 5.88 Å². The maximum atomic E-state index is 5.10. The quantitative estimate of drug-likeness (QED) is 0.785. The summed E-state index contributed by atoms with van der Waals surface area (Å²) in [5, 5.41) is 3.38. The van der Waals surface area contributed by atoms with E-state index in [1.54, 1.807) is 13.3 Å². The lowest BCUT2D eigenvalue weighted by atomic mass is 10.3. The first-order chi connectivity index (χ1) is 9.79. The van der Waals surface area contributed by atoms with E-state index in [4.69, 9.17) is 4.74 Å². The average molecular weight is 271 g/mol. The lowest BCUT2D eigenvalue weighted by Crippen LogP contribution is -2.20. The summed E-state index contributed by atoms with van der Waals surface area (Å²) in [4.78, 5) is 6.34. The number of para-hydroxylation sites is 1. The van der Waals surface area contributed by atoms with E-state index in [9.17, 15) is 0 Å². The number of aromatic nitrogens is 1. The van der Waals surface area contributed by atoms with Gasteiger partial charge in [0.15, 0.2) is 0 Å². The molecular formula is C16H21N3O. The number of methoxy groups -OCH3 is 1. The van der Waals surface area contributed by atoms with Crippen LogP contribution < -0.4 is 15.0 Å². The molecule has 1 heterocycles. The number of nitrogens with zero attached hydrogens (tertiary/aromatic N) is 2. The Balaban J connectivity index is 1.73. The van der Waals surface area contributed by atoms with E-state index >= 15 is 0 Å². The van der Waals surface area contributed by atoms with Gasteiger partial charge in [0, 0.05) is 43.8 Å². The number of pyridine rings is 1. The first-order valence-electron chi connectivity index (χ1n) is 6.79. The van der Waals surface area contributed by atoms with Crippen molar-refractivity contribution < 1.29 is 4.74 Å². The van der Waals surface area contributed by atoms with Gasteiger partial charge in [-0.25, -0.2) is 4.98 Å². The number of benzene rings is 1. The smallest absolute Gasteiger partial charge is 0.214 e. The summed E-state index contributed by atoms with van der Waals surface area (Å²) in [6.45, 7) is 1.93. The normalized spacial score (nSPS) is 10.1. The zero-order chi connectivity index (χ0) is 14.2. The van der Waals surface area contributed by atoms with E-state index in [2.05, 4.69) is 46.5 Å². The Hall–Kier alpha value is -2.23. The zero-order valence-corrected chi connectivity index (χ0v) is 12.0. The number of anilines is 2. The molecule has 1 aromatic heterocycles. The fraction of sp³-hybridized carbons (Fsp3) is 0.312. The fourth-order valence-electron chi connectivity index (χ4n) is 1.99. The first-order valence-corrected chi connectivity index (χ1v) is 6.79. The minimum absolute atomic E-state index is 0.636. The first kappa shape index (κ1) is 14.2. The van der Waals surface area contributed by atoms with E-state index in [1.807, 2.05) is 18.2 Å². The number of ether oxygens (including phenoxy) is 1. The molecule has 0 saturated carbocycles.